The first kappa shape index (κ1) is 12.5. The van der Waals surface area contributed by atoms with Gasteiger partial charge < -0.3 is 4.42 Å². The topological polar surface area (TPSA) is 26.0 Å². The molecule has 0 saturated carbocycles. The van der Waals surface area contributed by atoms with Gasteiger partial charge in [-0.05, 0) is 43.5 Å². The molecule has 0 fully saturated rings. The van der Waals surface area contributed by atoms with E-state index in [0.29, 0.717) is 10.5 Å². The molecule has 2 aromatic rings. The quantitative estimate of drug-likeness (QED) is 0.567. The lowest BCUT2D eigenvalue weighted by atomic mass is 10.1. The fourth-order valence-corrected chi connectivity index (χ4v) is 2.71. The van der Waals surface area contributed by atoms with Crippen LogP contribution in [-0.2, 0) is 12.8 Å². The van der Waals surface area contributed by atoms with Crippen LogP contribution >= 0.6 is 12.2 Å². The first-order valence-electron chi connectivity index (χ1n) is 6.53. The molecule has 2 nitrogen and oxygen atoms in total. The van der Waals surface area contributed by atoms with Gasteiger partial charge >= 0.3 is 0 Å². The summed E-state index contributed by atoms with van der Waals surface area (Å²) >= 11 is 5.37. The zero-order chi connectivity index (χ0) is 13.2. The van der Waals surface area contributed by atoms with Crippen LogP contribution in [0.3, 0.4) is 0 Å². The van der Waals surface area contributed by atoms with Gasteiger partial charge in [0.1, 0.15) is 16.2 Å². The number of benzene rings is 1. The molecule has 0 unspecified atom stereocenters. The highest BCUT2D eigenvalue weighted by Crippen LogP contribution is 2.26. The zero-order valence-electron chi connectivity index (χ0n) is 10.5. The lowest BCUT2D eigenvalue weighted by molar-refractivity contribution is 0.479. The number of rotatable bonds is 1. The Bertz CT molecular complexity index is 648. The molecule has 0 N–H and O–H groups in total. The van der Waals surface area contributed by atoms with Gasteiger partial charge in [0.05, 0.1) is 0 Å². The first-order chi connectivity index (χ1) is 9.24. The second-order valence-corrected chi connectivity index (χ2v) is 5.18. The summed E-state index contributed by atoms with van der Waals surface area (Å²) in [4.78, 5) is 4.35. The number of hydrogen-bond donors (Lipinski definition) is 0. The molecule has 1 aromatic heterocycles. The lowest BCUT2D eigenvalue weighted by Gasteiger charge is -2.07. The summed E-state index contributed by atoms with van der Waals surface area (Å²) in [6.07, 6.45) is 5.33. The third-order valence-electron chi connectivity index (χ3n) is 3.44. The maximum atomic E-state index is 12.9. The Hall–Kier alpha value is -1.55. The van der Waals surface area contributed by atoms with Gasteiger partial charge in [-0.2, -0.15) is 0 Å². The van der Waals surface area contributed by atoms with E-state index in [1.165, 1.54) is 18.6 Å². The number of aryl methyl sites for hydroxylation is 1. The molecule has 0 bridgehead atoms. The van der Waals surface area contributed by atoms with Crippen molar-refractivity contribution in [1.29, 1.82) is 0 Å². The normalized spacial score (nSPS) is 14.8. The number of fused-ring (bicyclic) bond motifs is 1. The van der Waals surface area contributed by atoms with Gasteiger partial charge in [0.2, 0.25) is 5.89 Å². The van der Waals surface area contributed by atoms with E-state index >= 15 is 0 Å². The number of hydrogen-bond acceptors (Lipinski definition) is 3. The van der Waals surface area contributed by atoms with Crippen molar-refractivity contribution in [2.24, 2.45) is 0 Å². The fourth-order valence-electron chi connectivity index (χ4n) is 2.41. The van der Waals surface area contributed by atoms with Gasteiger partial charge in [-0.15, -0.1) is 0 Å². The van der Waals surface area contributed by atoms with Crippen molar-refractivity contribution >= 4 is 12.2 Å². The Balaban J connectivity index is 2.08. The van der Waals surface area contributed by atoms with Crippen LogP contribution in [0.25, 0.3) is 11.5 Å². The molecule has 19 heavy (non-hydrogen) atoms. The summed E-state index contributed by atoms with van der Waals surface area (Å²) in [5.41, 5.74) is 1.85. The Morgan fingerprint density at radius 2 is 1.79 bits per heavy atom. The minimum absolute atomic E-state index is 0.267. The summed E-state index contributed by atoms with van der Waals surface area (Å²) in [7, 11) is 0. The van der Waals surface area contributed by atoms with E-state index in [4.69, 9.17) is 16.6 Å². The van der Waals surface area contributed by atoms with E-state index in [0.717, 1.165) is 42.6 Å². The Kier molecular flexibility index (Phi) is 3.42. The van der Waals surface area contributed by atoms with Crippen molar-refractivity contribution in [1.82, 2.24) is 4.98 Å². The summed E-state index contributed by atoms with van der Waals surface area (Å²) in [6.45, 7) is 0. The third-order valence-corrected chi connectivity index (χ3v) is 3.78. The summed E-state index contributed by atoms with van der Waals surface area (Å²) < 4.78 is 19.5. The highest BCUT2D eigenvalue weighted by molar-refractivity contribution is 7.71. The zero-order valence-corrected chi connectivity index (χ0v) is 11.3. The summed E-state index contributed by atoms with van der Waals surface area (Å²) in [5.74, 6) is 1.18. The van der Waals surface area contributed by atoms with Crippen molar-refractivity contribution < 1.29 is 8.81 Å². The van der Waals surface area contributed by atoms with E-state index in [1.807, 2.05) is 0 Å². The molecule has 0 spiro atoms. The maximum absolute atomic E-state index is 12.9. The van der Waals surface area contributed by atoms with Gasteiger partial charge in [-0.25, -0.2) is 9.37 Å². The first-order valence-corrected chi connectivity index (χ1v) is 6.94. The van der Waals surface area contributed by atoms with Crippen molar-refractivity contribution in [3.05, 3.63) is 46.0 Å². The van der Waals surface area contributed by atoms with Crippen LogP contribution in [0.5, 0.6) is 0 Å². The van der Waals surface area contributed by atoms with Crippen molar-refractivity contribution in [3.8, 4) is 11.5 Å². The highest BCUT2D eigenvalue weighted by atomic mass is 32.1. The molecule has 0 saturated heterocycles. The molecule has 0 radical (unpaired) electrons. The van der Waals surface area contributed by atoms with E-state index in [-0.39, 0.29) is 5.82 Å². The van der Waals surface area contributed by atoms with E-state index in [1.54, 1.807) is 12.1 Å². The molecular weight excluding hydrogens is 261 g/mol. The monoisotopic (exact) mass is 275 g/mol. The van der Waals surface area contributed by atoms with E-state index in [2.05, 4.69) is 4.98 Å². The molecule has 0 atom stereocenters. The van der Waals surface area contributed by atoms with Gasteiger partial charge in [0.25, 0.3) is 0 Å². The minimum atomic E-state index is -0.267. The average Bonchev–Trinajstić information content (AvgIpc) is 2.65. The van der Waals surface area contributed by atoms with E-state index < -0.39 is 0 Å². The number of halogens is 1. The summed E-state index contributed by atoms with van der Waals surface area (Å²) in [6, 6.07) is 6.14. The second-order valence-electron chi connectivity index (χ2n) is 4.79. The predicted molar refractivity (Wildman–Crippen MR) is 74.0 cm³/mol. The van der Waals surface area contributed by atoms with Crippen LogP contribution in [-0.4, -0.2) is 4.98 Å². The molecule has 1 heterocycles. The molecule has 1 aromatic carbocycles. The molecule has 4 heteroatoms. The van der Waals surface area contributed by atoms with Crippen LogP contribution in [0, 0.1) is 10.5 Å². The Morgan fingerprint density at radius 1 is 1.05 bits per heavy atom. The molecule has 0 amide bonds. The lowest BCUT2D eigenvalue weighted by Crippen LogP contribution is -1.97. The van der Waals surface area contributed by atoms with Crippen LogP contribution < -0.4 is 0 Å². The number of nitrogens with zero attached hydrogens (tertiary/aromatic N) is 1. The second kappa shape index (κ2) is 5.21. The molecule has 1 aliphatic carbocycles. The third kappa shape index (κ3) is 2.59. The van der Waals surface area contributed by atoms with Crippen molar-refractivity contribution in [2.45, 2.75) is 32.1 Å². The smallest absolute Gasteiger partial charge is 0.227 e. The van der Waals surface area contributed by atoms with Gasteiger partial charge in [0.15, 0.2) is 0 Å². The number of aromatic nitrogens is 1. The van der Waals surface area contributed by atoms with Crippen molar-refractivity contribution in [2.75, 3.05) is 0 Å². The maximum Gasteiger partial charge on any atom is 0.227 e. The van der Waals surface area contributed by atoms with Crippen LogP contribution in [0.4, 0.5) is 4.39 Å². The van der Waals surface area contributed by atoms with Crippen molar-refractivity contribution in [3.63, 3.8) is 0 Å². The molecule has 0 aliphatic heterocycles. The molecule has 3 rings (SSSR count). The van der Waals surface area contributed by atoms with Gasteiger partial charge in [0, 0.05) is 17.5 Å². The molecule has 98 valence electrons. The molecule has 1 aliphatic rings. The average molecular weight is 275 g/mol. The Labute approximate surface area is 116 Å². The molecular formula is C15H14FNOS. The van der Waals surface area contributed by atoms with E-state index in [9.17, 15) is 4.39 Å². The van der Waals surface area contributed by atoms with Crippen LogP contribution in [0.2, 0.25) is 0 Å². The SMILES string of the molecule is Fc1ccc(-c2nc(=S)c3c(o2)CCCCC3)cc1. The van der Waals surface area contributed by atoms with Crippen LogP contribution in [0.1, 0.15) is 30.6 Å². The minimum Gasteiger partial charge on any atom is -0.442 e. The Morgan fingerprint density at radius 3 is 2.58 bits per heavy atom. The largest absolute Gasteiger partial charge is 0.442 e. The fraction of sp³-hybridized carbons (Fsp3) is 0.333. The van der Waals surface area contributed by atoms with Gasteiger partial charge in [-0.1, -0.05) is 18.6 Å². The highest BCUT2D eigenvalue weighted by Gasteiger charge is 2.15. The standard InChI is InChI=1S/C15H14FNOS/c16-11-8-6-10(7-9-11)14-17-15(19)12-4-2-1-3-5-13(12)18-14/h6-9H,1-5H2. The summed E-state index contributed by atoms with van der Waals surface area (Å²) in [5, 5.41) is 0. The van der Waals surface area contributed by atoms with Crippen LogP contribution in [0.15, 0.2) is 28.7 Å². The predicted octanol–water partition coefficient (Wildman–Crippen LogP) is 4.48. The van der Waals surface area contributed by atoms with Gasteiger partial charge in [-0.3, -0.25) is 0 Å².